The molecule has 0 atom stereocenters. The molecule has 0 spiro atoms. The van der Waals surface area contributed by atoms with E-state index in [1.165, 1.54) is 0 Å². The smallest absolute Gasteiger partial charge is 0.402 e. The topological polar surface area (TPSA) is 22.3 Å². The van der Waals surface area contributed by atoms with Crippen LogP contribution < -0.4 is 14.3 Å². The van der Waals surface area contributed by atoms with Crippen molar-refractivity contribution in [1.82, 2.24) is 0 Å². The highest BCUT2D eigenvalue weighted by molar-refractivity contribution is 5.70. The molecule has 3 heteroatoms. The van der Waals surface area contributed by atoms with Crippen LogP contribution in [-0.4, -0.2) is 6.61 Å². The van der Waals surface area contributed by atoms with Gasteiger partial charge in [0.15, 0.2) is 6.61 Å². The number of aromatic nitrogens is 1. The lowest BCUT2D eigenvalue weighted by molar-refractivity contribution is -0.892. The van der Waals surface area contributed by atoms with Gasteiger partial charge in [0.1, 0.15) is 5.75 Å². The first-order valence-corrected chi connectivity index (χ1v) is 6.67. The van der Waals surface area contributed by atoms with Crippen LogP contribution >= 0.6 is 0 Å². The van der Waals surface area contributed by atoms with Gasteiger partial charge in [-0.1, -0.05) is 30.3 Å². The lowest BCUT2D eigenvalue weighted by Crippen LogP contribution is -2.43. The number of rotatable bonds is 4. The van der Waals surface area contributed by atoms with Gasteiger partial charge in [-0.25, -0.2) is 0 Å². The van der Waals surface area contributed by atoms with Crippen molar-refractivity contribution in [3.63, 3.8) is 0 Å². The van der Waals surface area contributed by atoms with Crippen LogP contribution in [0.4, 0.5) is 0 Å². The molecule has 2 aliphatic rings. The van der Waals surface area contributed by atoms with Crippen LogP contribution in [-0.2, 0) is 0 Å². The summed E-state index contributed by atoms with van der Waals surface area (Å²) in [5.74, 6) is 1.47. The molecule has 0 aromatic carbocycles. The van der Waals surface area contributed by atoms with Gasteiger partial charge in [-0.15, -0.1) is 0 Å². The Labute approximate surface area is 118 Å². The lowest BCUT2D eigenvalue weighted by atomic mass is 10.2. The second kappa shape index (κ2) is 5.61. The molecule has 0 bridgehead atoms. The minimum atomic E-state index is 0.587. The van der Waals surface area contributed by atoms with E-state index in [2.05, 4.69) is 12.1 Å². The Morgan fingerprint density at radius 2 is 1.60 bits per heavy atom. The molecule has 2 aliphatic carbocycles. The monoisotopic (exact) mass is 266 g/mol. The van der Waals surface area contributed by atoms with Gasteiger partial charge >= 0.3 is 5.88 Å². The number of hydrogen-bond donors (Lipinski definition) is 0. The summed E-state index contributed by atoms with van der Waals surface area (Å²) in [6.07, 6.45) is 1.83. The van der Waals surface area contributed by atoms with Gasteiger partial charge in [0.2, 0.25) is 6.20 Å². The summed E-state index contributed by atoms with van der Waals surface area (Å²) in [5.41, 5.74) is 2.31. The Balaban J connectivity index is 1.92. The van der Waals surface area contributed by atoms with Crippen molar-refractivity contribution in [1.29, 1.82) is 0 Å². The quantitative estimate of drug-likeness (QED) is 0.676. The summed E-state index contributed by atoms with van der Waals surface area (Å²) >= 11 is 0. The van der Waals surface area contributed by atoms with Crippen LogP contribution in [0.3, 0.4) is 0 Å². The molecule has 100 valence electrons. The molecule has 0 saturated heterocycles. The molecule has 3 nitrogen and oxygen atoms in total. The molecule has 0 N–H and O–H groups in total. The average molecular weight is 266 g/mol. The Morgan fingerprint density at radius 3 is 2.30 bits per heavy atom. The fourth-order valence-electron chi connectivity index (χ4n) is 2.10. The predicted molar refractivity (Wildman–Crippen MR) is 76.9 cm³/mol. The van der Waals surface area contributed by atoms with Crippen molar-refractivity contribution in [3.8, 4) is 22.8 Å². The number of pyridine rings is 1. The molecule has 1 aromatic rings. The Kier molecular flexibility index (Phi) is 3.50. The first-order valence-electron chi connectivity index (χ1n) is 6.67. The Morgan fingerprint density at radius 1 is 0.900 bits per heavy atom. The van der Waals surface area contributed by atoms with E-state index in [1.54, 1.807) is 4.73 Å². The number of hydrogen-bond acceptors (Lipinski definition) is 2. The molecule has 0 fully saturated rings. The van der Waals surface area contributed by atoms with Gasteiger partial charge in [-0.05, 0) is 36.2 Å². The molecule has 3 rings (SSSR count). The molecular formula is C17H16NO2+. The maximum atomic E-state index is 5.92. The van der Waals surface area contributed by atoms with Crippen molar-refractivity contribution < 1.29 is 14.3 Å². The molecule has 20 heavy (non-hydrogen) atoms. The van der Waals surface area contributed by atoms with Gasteiger partial charge in [-0.3, -0.25) is 4.84 Å². The zero-order valence-corrected chi connectivity index (χ0v) is 11.3. The summed E-state index contributed by atoms with van der Waals surface area (Å²) in [5, 5.41) is 0. The third kappa shape index (κ3) is 2.57. The summed E-state index contributed by atoms with van der Waals surface area (Å²) in [6.45, 7) is 2.53. The van der Waals surface area contributed by atoms with Crippen molar-refractivity contribution in [2.75, 3.05) is 6.61 Å². The molecular weight excluding hydrogens is 250 g/mol. The first-order chi connectivity index (χ1) is 9.86. The average Bonchev–Trinajstić information content (AvgIpc) is 2.70. The number of ether oxygens (including phenoxy) is 1. The number of fused-ring (bicyclic) bond motifs is 1. The third-order valence-corrected chi connectivity index (χ3v) is 2.98. The van der Waals surface area contributed by atoms with Crippen LogP contribution in [0.1, 0.15) is 6.92 Å². The summed E-state index contributed by atoms with van der Waals surface area (Å²) in [6, 6.07) is 20.0. The largest absolute Gasteiger partial charge is 0.422 e. The molecule has 0 unspecified atom stereocenters. The van der Waals surface area contributed by atoms with E-state index in [0.717, 1.165) is 16.9 Å². The summed E-state index contributed by atoms with van der Waals surface area (Å²) in [4.78, 5) is 5.49. The van der Waals surface area contributed by atoms with E-state index >= 15 is 0 Å². The van der Waals surface area contributed by atoms with Crippen molar-refractivity contribution in [3.05, 3.63) is 66.9 Å². The Bertz CT molecular complexity index is 651. The van der Waals surface area contributed by atoms with Crippen molar-refractivity contribution >= 4 is 0 Å². The van der Waals surface area contributed by atoms with Crippen LogP contribution in [0.25, 0.3) is 11.1 Å². The van der Waals surface area contributed by atoms with Crippen LogP contribution in [0.15, 0.2) is 66.9 Å². The predicted octanol–water partition coefficient (Wildman–Crippen LogP) is 3.32. The number of nitrogens with zero attached hydrogens (tertiary/aromatic N) is 1. The minimum absolute atomic E-state index is 0.587. The maximum Gasteiger partial charge on any atom is 0.422 e. The molecule has 1 aromatic heterocycles. The summed E-state index contributed by atoms with van der Waals surface area (Å²) in [7, 11) is 0. The molecule has 0 saturated carbocycles. The first kappa shape index (κ1) is 12.5. The van der Waals surface area contributed by atoms with Gasteiger partial charge in [-0.2, -0.15) is 0 Å². The Hall–Kier alpha value is -2.55. The van der Waals surface area contributed by atoms with Gasteiger partial charge in [0.25, 0.3) is 0 Å². The highest BCUT2D eigenvalue weighted by Gasteiger charge is 2.15. The van der Waals surface area contributed by atoms with Gasteiger partial charge < -0.3 is 4.74 Å². The van der Waals surface area contributed by atoms with Gasteiger partial charge in [0, 0.05) is 10.8 Å². The fraction of sp³-hybridized carbons (Fsp3) is 0.118. The molecule has 0 amide bonds. The highest BCUT2D eigenvalue weighted by atomic mass is 16.7. The van der Waals surface area contributed by atoms with E-state index < -0.39 is 0 Å². The molecule has 1 heterocycles. The second-order valence-electron chi connectivity index (χ2n) is 4.40. The zero-order valence-electron chi connectivity index (χ0n) is 11.3. The summed E-state index contributed by atoms with van der Waals surface area (Å²) < 4.78 is 7.55. The third-order valence-electron chi connectivity index (χ3n) is 2.98. The standard InChI is InChI=1S/C17H16NO2/c1-2-19-18-11-7-6-10-17(18)20-16-12-14-8-4-3-5-9-15(14)13-16/h3-13H,2H2,1H3/q+1. The van der Waals surface area contributed by atoms with E-state index in [-0.39, 0.29) is 0 Å². The SMILES string of the molecule is CCO[n+]1ccccc1Oc1cc2cccccc-2c1. The second-order valence-corrected chi connectivity index (χ2v) is 4.40. The van der Waals surface area contributed by atoms with Crippen LogP contribution in [0.5, 0.6) is 11.6 Å². The normalized spacial score (nSPS) is 10.4. The van der Waals surface area contributed by atoms with Crippen LogP contribution in [0.2, 0.25) is 0 Å². The van der Waals surface area contributed by atoms with E-state index in [0.29, 0.717) is 12.5 Å². The highest BCUT2D eigenvalue weighted by Crippen LogP contribution is 2.31. The zero-order chi connectivity index (χ0) is 13.8. The van der Waals surface area contributed by atoms with E-state index in [9.17, 15) is 0 Å². The minimum Gasteiger partial charge on any atom is -0.402 e. The lowest BCUT2D eigenvalue weighted by Gasteiger charge is -2.01. The maximum absolute atomic E-state index is 5.92. The van der Waals surface area contributed by atoms with E-state index in [4.69, 9.17) is 9.57 Å². The van der Waals surface area contributed by atoms with Crippen LogP contribution in [0, 0.1) is 0 Å². The molecule has 0 aliphatic heterocycles. The van der Waals surface area contributed by atoms with Crippen molar-refractivity contribution in [2.24, 2.45) is 0 Å². The van der Waals surface area contributed by atoms with Crippen molar-refractivity contribution in [2.45, 2.75) is 6.92 Å². The van der Waals surface area contributed by atoms with Gasteiger partial charge in [0.05, 0.1) is 6.07 Å². The fourth-order valence-corrected chi connectivity index (χ4v) is 2.10. The van der Waals surface area contributed by atoms with E-state index in [1.807, 2.05) is 61.7 Å². The molecule has 0 radical (unpaired) electrons.